The molecule has 0 aromatic heterocycles. The number of anilines is 1. The molecule has 2 heterocycles. The molecule has 0 aliphatic carbocycles. The molecular weight excluding hydrogens is 192 g/mol. The van der Waals surface area contributed by atoms with Crippen molar-refractivity contribution in [2.75, 3.05) is 11.9 Å². The van der Waals surface area contributed by atoms with Gasteiger partial charge in [-0.2, -0.15) is 0 Å². The second-order valence-corrected chi connectivity index (χ2v) is 3.80. The molecule has 0 radical (unpaired) electrons. The Kier molecular flexibility index (Phi) is 1.65. The molecule has 1 aromatic carbocycles. The van der Waals surface area contributed by atoms with E-state index in [-0.39, 0.29) is 6.23 Å². The lowest BCUT2D eigenvalue weighted by molar-refractivity contribution is 0.109. The average Bonchev–Trinajstić information content (AvgIpc) is 2.74. The van der Waals surface area contributed by atoms with Gasteiger partial charge in [-0.25, -0.2) is 0 Å². The predicted molar refractivity (Wildman–Crippen MR) is 55.2 cm³/mol. The smallest absolute Gasteiger partial charge is 0.143 e. The van der Waals surface area contributed by atoms with E-state index in [1.807, 2.05) is 24.3 Å². The molecule has 15 heavy (non-hydrogen) atoms. The van der Waals surface area contributed by atoms with E-state index in [9.17, 15) is 0 Å². The van der Waals surface area contributed by atoms with Crippen molar-refractivity contribution in [1.29, 1.82) is 0 Å². The fourth-order valence-corrected chi connectivity index (χ4v) is 2.40. The van der Waals surface area contributed by atoms with Crippen LogP contribution < -0.4 is 5.32 Å². The van der Waals surface area contributed by atoms with Crippen LogP contribution in [0.2, 0.25) is 0 Å². The maximum absolute atomic E-state index is 8.67. The maximum atomic E-state index is 8.67. The minimum absolute atomic E-state index is 0.203. The highest BCUT2D eigenvalue weighted by Crippen LogP contribution is 2.48. The third kappa shape index (κ3) is 0.988. The molecule has 0 saturated carbocycles. The van der Waals surface area contributed by atoms with Gasteiger partial charge in [0.25, 0.3) is 0 Å². The van der Waals surface area contributed by atoms with E-state index in [1.165, 1.54) is 0 Å². The lowest BCUT2D eigenvalue weighted by Gasteiger charge is -2.21. The first-order chi connectivity index (χ1) is 7.37. The van der Waals surface area contributed by atoms with Gasteiger partial charge >= 0.3 is 0 Å². The Hall–Kier alpha value is -1.71. The van der Waals surface area contributed by atoms with Crippen LogP contribution >= 0.6 is 0 Å². The second-order valence-electron chi connectivity index (χ2n) is 3.80. The molecule has 1 fully saturated rings. The van der Waals surface area contributed by atoms with Crippen molar-refractivity contribution in [2.24, 2.45) is 5.11 Å². The number of rotatable bonds is 1. The molecule has 0 bridgehead atoms. The number of hydrogen-bond donors (Lipinski definition) is 1. The van der Waals surface area contributed by atoms with E-state index in [4.69, 9.17) is 10.3 Å². The fourth-order valence-electron chi connectivity index (χ4n) is 2.40. The first-order valence-corrected chi connectivity index (χ1v) is 4.91. The van der Waals surface area contributed by atoms with Crippen molar-refractivity contribution in [2.45, 2.75) is 18.2 Å². The zero-order chi connectivity index (χ0) is 10.3. The molecule has 2 aliphatic rings. The van der Waals surface area contributed by atoms with Crippen LogP contribution in [0.25, 0.3) is 10.4 Å². The van der Waals surface area contributed by atoms with Gasteiger partial charge in [0.05, 0.1) is 6.61 Å². The minimum atomic E-state index is -0.536. The molecule has 2 aliphatic heterocycles. The summed E-state index contributed by atoms with van der Waals surface area (Å²) < 4.78 is 5.54. The Morgan fingerprint density at radius 2 is 2.40 bits per heavy atom. The molecule has 2 atom stereocenters. The van der Waals surface area contributed by atoms with E-state index in [2.05, 4.69) is 15.3 Å². The van der Waals surface area contributed by atoms with Gasteiger partial charge in [0.15, 0.2) is 0 Å². The van der Waals surface area contributed by atoms with Gasteiger partial charge < -0.3 is 10.1 Å². The SMILES string of the molecule is [N-]=[N+]=N[C@@]12CCO[C@@H]1Nc1ccccc12. The van der Waals surface area contributed by atoms with Gasteiger partial charge in [-0.15, -0.1) is 0 Å². The second kappa shape index (κ2) is 2.89. The first kappa shape index (κ1) is 8.59. The molecule has 0 spiro atoms. The molecule has 76 valence electrons. The summed E-state index contributed by atoms with van der Waals surface area (Å²) in [6, 6.07) is 7.88. The molecule has 1 saturated heterocycles. The van der Waals surface area contributed by atoms with Crippen LogP contribution in [0.15, 0.2) is 29.4 Å². The summed E-state index contributed by atoms with van der Waals surface area (Å²) in [6.45, 7) is 0.630. The van der Waals surface area contributed by atoms with Crippen LogP contribution in [0.3, 0.4) is 0 Å². The van der Waals surface area contributed by atoms with E-state index in [1.54, 1.807) is 0 Å². The molecule has 1 N–H and O–H groups in total. The molecule has 1 aromatic rings. The highest BCUT2D eigenvalue weighted by molar-refractivity contribution is 5.61. The van der Waals surface area contributed by atoms with Crippen molar-refractivity contribution in [3.05, 3.63) is 40.3 Å². The van der Waals surface area contributed by atoms with Gasteiger partial charge in [0, 0.05) is 10.6 Å². The third-order valence-corrected chi connectivity index (χ3v) is 3.10. The Morgan fingerprint density at radius 3 is 3.27 bits per heavy atom. The number of benzene rings is 1. The Labute approximate surface area is 86.7 Å². The summed E-state index contributed by atoms with van der Waals surface area (Å²) in [4.78, 5) is 2.95. The summed E-state index contributed by atoms with van der Waals surface area (Å²) >= 11 is 0. The van der Waals surface area contributed by atoms with Crippen LogP contribution in [-0.2, 0) is 10.3 Å². The van der Waals surface area contributed by atoms with Crippen molar-refractivity contribution >= 4 is 5.69 Å². The van der Waals surface area contributed by atoms with Gasteiger partial charge in [0.2, 0.25) is 0 Å². The molecular formula is C10H10N4O. The molecule has 5 heteroatoms. The molecule has 0 unspecified atom stereocenters. The number of azide groups is 1. The molecule has 0 amide bonds. The number of para-hydroxylation sites is 1. The average molecular weight is 202 g/mol. The summed E-state index contributed by atoms with van der Waals surface area (Å²) in [6.07, 6.45) is 0.539. The van der Waals surface area contributed by atoms with E-state index in [0.29, 0.717) is 6.61 Å². The number of ether oxygens (including phenoxy) is 1. The molecule has 3 rings (SSSR count). The normalized spacial score (nSPS) is 31.3. The maximum Gasteiger partial charge on any atom is 0.143 e. The number of nitrogens with zero attached hydrogens (tertiary/aromatic N) is 3. The van der Waals surface area contributed by atoms with Gasteiger partial charge in [-0.05, 0) is 23.6 Å². The van der Waals surface area contributed by atoms with Gasteiger partial charge in [-0.1, -0.05) is 23.3 Å². The Bertz CT molecular complexity index is 454. The largest absolute Gasteiger partial charge is 0.359 e. The predicted octanol–water partition coefficient (Wildman–Crippen LogP) is 2.36. The van der Waals surface area contributed by atoms with Crippen molar-refractivity contribution in [1.82, 2.24) is 0 Å². The zero-order valence-electron chi connectivity index (χ0n) is 8.05. The minimum Gasteiger partial charge on any atom is -0.359 e. The summed E-state index contributed by atoms with van der Waals surface area (Å²) in [5.74, 6) is 0. The van der Waals surface area contributed by atoms with E-state index >= 15 is 0 Å². The van der Waals surface area contributed by atoms with Crippen LogP contribution in [0.4, 0.5) is 5.69 Å². The fraction of sp³-hybridized carbons (Fsp3) is 0.400. The zero-order valence-corrected chi connectivity index (χ0v) is 8.05. The lowest BCUT2D eigenvalue weighted by Crippen LogP contribution is -2.32. The van der Waals surface area contributed by atoms with Gasteiger partial charge in [0.1, 0.15) is 11.8 Å². The van der Waals surface area contributed by atoms with Crippen LogP contribution in [0.5, 0.6) is 0 Å². The van der Waals surface area contributed by atoms with Crippen LogP contribution in [-0.4, -0.2) is 12.8 Å². The van der Waals surface area contributed by atoms with Crippen LogP contribution in [0, 0.1) is 0 Å². The third-order valence-electron chi connectivity index (χ3n) is 3.10. The number of nitrogens with one attached hydrogen (secondary N) is 1. The quantitative estimate of drug-likeness (QED) is 0.431. The number of fused-ring (bicyclic) bond motifs is 3. The van der Waals surface area contributed by atoms with E-state index < -0.39 is 5.54 Å². The van der Waals surface area contributed by atoms with E-state index in [0.717, 1.165) is 17.7 Å². The summed E-state index contributed by atoms with van der Waals surface area (Å²) in [7, 11) is 0. The van der Waals surface area contributed by atoms with Crippen molar-refractivity contribution in [3.63, 3.8) is 0 Å². The number of hydrogen-bond acceptors (Lipinski definition) is 3. The lowest BCUT2D eigenvalue weighted by atomic mass is 9.90. The Balaban J connectivity index is 2.21. The summed E-state index contributed by atoms with van der Waals surface area (Å²) in [5, 5.41) is 7.19. The topological polar surface area (TPSA) is 70.0 Å². The highest BCUT2D eigenvalue weighted by atomic mass is 16.5. The van der Waals surface area contributed by atoms with Gasteiger partial charge in [-0.3, -0.25) is 0 Å². The molecule has 5 nitrogen and oxygen atoms in total. The summed E-state index contributed by atoms with van der Waals surface area (Å²) in [5.41, 5.74) is 10.2. The van der Waals surface area contributed by atoms with Crippen molar-refractivity contribution in [3.8, 4) is 0 Å². The Morgan fingerprint density at radius 1 is 1.53 bits per heavy atom. The van der Waals surface area contributed by atoms with Crippen molar-refractivity contribution < 1.29 is 4.74 Å². The highest BCUT2D eigenvalue weighted by Gasteiger charge is 2.50. The standard InChI is InChI=1S/C10H10N4O/c11-14-13-10-5-6-15-9(10)12-8-4-2-1-3-7(8)10/h1-4,9,12H,5-6H2/t9-,10+/m0/s1. The van der Waals surface area contributed by atoms with Crippen LogP contribution in [0.1, 0.15) is 12.0 Å². The monoisotopic (exact) mass is 202 g/mol. The first-order valence-electron chi connectivity index (χ1n) is 4.91.